The summed E-state index contributed by atoms with van der Waals surface area (Å²) in [5.74, 6) is -11.4. The fraction of sp³-hybridized carbons (Fsp3) is 0.532. The number of aliphatic hydroxyl groups is 1. The predicted octanol–water partition coefficient (Wildman–Crippen LogP) is 3.45. The Balaban J connectivity index is 1.43. The largest absolute Gasteiger partial charge is 0.391 e. The Hall–Kier alpha value is -9.85. The van der Waals surface area contributed by atoms with Crippen LogP contribution in [0.25, 0.3) is 0 Å². The summed E-state index contributed by atoms with van der Waals surface area (Å²) in [5.41, 5.74) is 2.58. The monoisotopic (exact) mass is 1450 g/mol. The van der Waals surface area contributed by atoms with Gasteiger partial charge in [-0.1, -0.05) is 156 Å². The van der Waals surface area contributed by atoms with E-state index in [-0.39, 0.29) is 50.4 Å². The Kier molecular flexibility index (Phi) is 31.5. The Morgan fingerprint density at radius 1 is 0.495 bits per heavy atom. The highest BCUT2D eigenvalue weighted by Gasteiger charge is 2.44. The molecule has 12 amide bonds. The van der Waals surface area contributed by atoms with E-state index in [4.69, 9.17) is 0 Å². The highest BCUT2D eigenvalue weighted by Crippen LogP contribution is 2.25. The maximum absolute atomic E-state index is 15.7. The van der Waals surface area contributed by atoms with Gasteiger partial charge in [0, 0.05) is 94.0 Å². The molecule has 0 spiro atoms. The maximum Gasteiger partial charge on any atom is 0.246 e. The number of likely N-dealkylation sites (tertiary alicyclic amines) is 1. The summed E-state index contributed by atoms with van der Waals surface area (Å²) in [7, 11) is 9.56. The third-order valence-electron chi connectivity index (χ3n) is 20.4. The zero-order chi connectivity index (χ0) is 77.7. The minimum Gasteiger partial charge on any atom is -0.391 e. The first-order chi connectivity index (χ1) is 49.6. The van der Waals surface area contributed by atoms with Crippen molar-refractivity contribution in [2.75, 3.05) is 69.0 Å². The van der Waals surface area contributed by atoms with Crippen LogP contribution < -0.4 is 21.3 Å². The van der Waals surface area contributed by atoms with Gasteiger partial charge in [0.15, 0.2) is 5.78 Å². The number of likely N-dealkylation sites (N-methyl/N-ethyl adjacent to an activating group) is 7. The first-order valence-corrected chi connectivity index (χ1v) is 36.3. The number of nitrogens with one attached hydrogen (secondary N) is 4. The van der Waals surface area contributed by atoms with E-state index in [9.17, 15) is 43.5 Å². The minimum atomic E-state index is -1.94. The summed E-state index contributed by atoms with van der Waals surface area (Å²) in [6.45, 7) is 13.1. The number of amides is 12. The molecule has 26 nitrogen and oxygen atoms in total. The molecule has 2 aliphatic heterocycles. The zero-order valence-corrected chi connectivity index (χ0v) is 63.7. The molecule has 2 aliphatic rings. The predicted molar refractivity (Wildman–Crippen MR) is 396 cm³/mol. The van der Waals surface area contributed by atoms with Crippen LogP contribution in [0.2, 0.25) is 0 Å². The van der Waals surface area contributed by atoms with Crippen LogP contribution in [0.15, 0.2) is 121 Å². The summed E-state index contributed by atoms with van der Waals surface area (Å²) in [6, 6.07) is 21.0. The zero-order valence-electron chi connectivity index (χ0n) is 63.7. The molecule has 0 unspecified atom stereocenters. The van der Waals surface area contributed by atoms with E-state index >= 15 is 24.0 Å². The molecule has 0 aliphatic carbocycles. The molecular formula is C79H110N12O14. The van der Waals surface area contributed by atoms with Gasteiger partial charge in [-0.2, -0.15) is 0 Å². The van der Waals surface area contributed by atoms with Crippen molar-refractivity contribution in [1.82, 2.24) is 60.5 Å². The van der Waals surface area contributed by atoms with E-state index in [1.165, 1.54) is 89.7 Å². The molecule has 0 aromatic heterocycles. The number of ketones is 1. The fourth-order valence-electron chi connectivity index (χ4n) is 13.2. The second-order valence-electron chi connectivity index (χ2n) is 29.0. The van der Waals surface area contributed by atoms with Crippen LogP contribution in [0.3, 0.4) is 0 Å². The number of hydrogen-bond acceptors (Lipinski definition) is 14. The summed E-state index contributed by atoms with van der Waals surface area (Å²) >= 11 is 0. The highest BCUT2D eigenvalue weighted by atomic mass is 16.3. The van der Waals surface area contributed by atoms with Gasteiger partial charge >= 0.3 is 0 Å². The van der Waals surface area contributed by atoms with E-state index < -0.39 is 162 Å². The lowest BCUT2D eigenvalue weighted by Gasteiger charge is -2.39. The van der Waals surface area contributed by atoms with Gasteiger partial charge < -0.3 is 65.6 Å². The molecule has 26 heteroatoms. The van der Waals surface area contributed by atoms with Gasteiger partial charge in [0.25, 0.3) is 0 Å². The van der Waals surface area contributed by atoms with Crippen LogP contribution in [0.4, 0.5) is 0 Å². The van der Waals surface area contributed by atoms with E-state index in [0.29, 0.717) is 35.3 Å². The standard InChI is InChI=1S/C79H110N12O14/c1-49(2)41-62-76(102)89(14)64(46-58-37-27-19-28-38-58)78(104)87(12)61(44-56-33-23-17-24-34-56)72(98)80-48-67(95)85(10)53(7)71(97)83-69(54(8)92)73(99)81-59(47-66(94)84(9)52(6)70(96)82-68(50(3)4)79(105)90(62)15)75(101)88(13)63(45-57-35-25-18-26-36-57)77(103)86(11)60(43-55-31-21-16-22-32-55)65(93)42-51(5)74(100)91-39-29-20-30-40-91/h16-19,21-28,31-38,49-54,59-64,68-69,92H,20,29-30,39-48H2,1-15H3,(H,80,98)(H,81,99)(H,82,96)(H,83,97)/t51-,52+,53+,54-,59+,60+,61+,62+,63+,64+,68+,69+/m1/s1. The van der Waals surface area contributed by atoms with Gasteiger partial charge in [-0.15, -0.1) is 0 Å². The Morgan fingerprint density at radius 3 is 1.42 bits per heavy atom. The quantitative estimate of drug-likeness (QED) is 0.0847. The summed E-state index contributed by atoms with van der Waals surface area (Å²) in [4.78, 5) is 203. The molecule has 570 valence electrons. The van der Waals surface area contributed by atoms with Gasteiger partial charge in [-0.3, -0.25) is 62.3 Å². The molecule has 0 bridgehead atoms. The minimum absolute atomic E-state index is 0.0321. The smallest absolute Gasteiger partial charge is 0.246 e. The molecule has 0 radical (unpaired) electrons. The summed E-state index contributed by atoms with van der Waals surface area (Å²) in [5, 5.41) is 21.8. The first kappa shape index (κ1) is 84.1. The number of Topliss-reactive ketones (excluding diaryl/α,β-unsaturated/α-hetero) is 1. The Labute approximate surface area is 618 Å². The van der Waals surface area contributed by atoms with Crippen molar-refractivity contribution in [2.45, 2.75) is 186 Å². The van der Waals surface area contributed by atoms with E-state index in [2.05, 4.69) is 21.3 Å². The highest BCUT2D eigenvalue weighted by molar-refractivity contribution is 6.01. The second-order valence-corrected chi connectivity index (χ2v) is 29.0. The van der Waals surface area contributed by atoms with Gasteiger partial charge in [0.1, 0.15) is 54.4 Å². The van der Waals surface area contributed by atoms with Crippen molar-refractivity contribution in [1.29, 1.82) is 0 Å². The van der Waals surface area contributed by atoms with Gasteiger partial charge in [-0.05, 0) is 87.0 Å². The third kappa shape index (κ3) is 22.8. The van der Waals surface area contributed by atoms with E-state index in [0.717, 1.165) is 34.0 Å². The van der Waals surface area contributed by atoms with Crippen LogP contribution in [-0.4, -0.2) is 256 Å². The average Bonchev–Trinajstić information content (AvgIpc) is 0.808. The number of carbonyl (C=O) groups is 13. The number of benzene rings is 4. The van der Waals surface area contributed by atoms with Gasteiger partial charge in [0.2, 0.25) is 70.9 Å². The number of aliphatic hydroxyl groups excluding tert-OH is 1. The van der Waals surface area contributed by atoms with Gasteiger partial charge in [0.05, 0.1) is 25.1 Å². The molecule has 2 fully saturated rings. The molecule has 2 saturated heterocycles. The molecule has 105 heavy (non-hydrogen) atoms. The lowest BCUT2D eigenvalue weighted by atomic mass is 9.92. The summed E-state index contributed by atoms with van der Waals surface area (Å²) < 4.78 is 0. The number of rotatable bonds is 20. The lowest BCUT2D eigenvalue weighted by molar-refractivity contribution is -0.153. The van der Waals surface area contributed by atoms with E-state index in [1.54, 1.807) is 147 Å². The first-order valence-electron chi connectivity index (χ1n) is 36.3. The van der Waals surface area contributed by atoms with Crippen LogP contribution in [0, 0.1) is 17.8 Å². The summed E-state index contributed by atoms with van der Waals surface area (Å²) in [6.07, 6.45) is -0.299. The number of hydrogen-bond donors (Lipinski definition) is 5. The molecule has 0 saturated carbocycles. The molecule has 5 N–H and O–H groups in total. The van der Waals surface area contributed by atoms with Crippen LogP contribution in [-0.2, 0) is 88.0 Å². The van der Waals surface area contributed by atoms with Crippen molar-refractivity contribution < 1.29 is 67.4 Å². The fourth-order valence-corrected chi connectivity index (χ4v) is 13.2. The second kappa shape index (κ2) is 39.3. The topological polar surface area (TPSA) is 316 Å². The number of carbonyl (C=O) groups excluding carboxylic acids is 13. The van der Waals surface area contributed by atoms with Crippen molar-refractivity contribution in [3.8, 4) is 0 Å². The average molecular weight is 1450 g/mol. The molecular weight excluding hydrogens is 1340 g/mol. The van der Waals surface area contributed by atoms with Crippen LogP contribution >= 0.6 is 0 Å². The number of nitrogens with zero attached hydrogens (tertiary/aromatic N) is 8. The molecule has 6 rings (SSSR count). The molecule has 4 aromatic rings. The Bertz CT molecular complexity index is 3650. The van der Waals surface area contributed by atoms with Crippen molar-refractivity contribution >= 4 is 76.7 Å². The van der Waals surface area contributed by atoms with Crippen molar-refractivity contribution in [2.24, 2.45) is 17.8 Å². The molecule has 4 aromatic carbocycles. The molecule has 2 heterocycles. The third-order valence-corrected chi connectivity index (χ3v) is 20.4. The number of piperidine rings is 1. The van der Waals surface area contributed by atoms with E-state index in [1.807, 2.05) is 13.8 Å². The molecule has 12 atom stereocenters. The lowest BCUT2D eigenvalue weighted by Crippen LogP contribution is -2.62. The SMILES string of the molecule is CC(C)C[C@H]1C(=O)N(C)[C@@H](Cc2ccccc2)C(=O)N(C)[C@@H](Cc2ccccc2)C(=O)NCC(=O)N(C)[C@@H](C)C(=O)N[C@@H]([C@@H](C)O)C(=O)N[C@H](C(=O)N(C)[C@@H](Cc2ccccc2)C(=O)N(C)[C@@H](Cc2ccccc2)C(=O)C[C@@H](C)C(=O)N2CCCCC2)CC(=O)N(C)[C@@H](C)C(=O)N[C@@H](C(C)C)C(=O)N1C. The van der Waals surface area contributed by atoms with Crippen LogP contribution in [0.1, 0.15) is 116 Å². The van der Waals surface area contributed by atoms with Crippen molar-refractivity contribution in [3.05, 3.63) is 144 Å². The Morgan fingerprint density at radius 2 is 0.933 bits per heavy atom. The van der Waals surface area contributed by atoms with Crippen LogP contribution in [0.5, 0.6) is 0 Å². The van der Waals surface area contributed by atoms with Gasteiger partial charge in [-0.25, -0.2) is 0 Å². The maximum atomic E-state index is 15.7. The van der Waals surface area contributed by atoms with Crippen molar-refractivity contribution in [3.63, 3.8) is 0 Å². The normalized spacial score (nSPS) is 22.8.